The van der Waals surface area contributed by atoms with E-state index in [0.717, 1.165) is 35.5 Å². The average molecular weight is 300 g/mol. The minimum Gasteiger partial charge on any atom is -0.363 e. The third-order valence-corrected chi connectivity index (χ3v) is 5.17. The van der Waals surface area contributed by atoms with E-state index in [-0.39, 0.29) is 18.1 Å². The first-order chi connectivity index (χ1) is 10.3. The maximum atomic E-state index is 11.9. The fourth-order valence-corrected chi connectivity index (χ4v) is 3.93. The lowest BCUT2D eigenvalue weighted by Gasteiger charge is -2.21. The smallest absolute Gasteiger partial charge is 0.252 e. The Labute approximate surface area is 127 Å². The molecule has 1 aromatic carbocycles. The van der Waals surface area contributed by atoms with Crippen LogP contribution in [0.4, 0.5) is 0 Å². The predicted molar refractivity (Wildman–Crippen MR) is 81.1 cm³/mol. The predicted octanol–water partition coefficient (Wildman–Crippen LogP) is 2.70. The summed E-state index contributed by atoms with van der Waals surface area (Å²) in [5.74, 6) is 0.0162. The van der Waals surface area contributed by atoms with Crippen molar-refractivity contribution in [2.75, 3.05) is 6.61 Å². The van der Waals surface area contributed by atoms with Gasteiger partial charge in [-0.15, -0.1) is 11.3 Å². The standard InChI is InChI=1S/C16H16N2O2S/c19-15(13-9-20-13)17-11-7-4-8-12-14(11)21-16(18-12)10-5-2-1-3-6-10/h1-3,5-6,11,13H,4,7-9H2,(H,17,19). The van der Waals surface area contributed by atoms with Crippen molar-refractivity contribution in [3.05, 3.63) is 40.9 Å². The Morgan fingerprint density at radius 2 is 2.14 bits per heavy atom. The molecular weight excluding hydrogens is 284 g/mol. The van der Waals surface area contributed by atoms with Crippen LogP contribution in [-0.2, 0) is 16.0 Å². The number of aryl methyl sites for hydroxylation is 1. The van der Waals surface area contributed by atoms with Crippen molar-refractivity contribution in [3.63, 3.8) is 0 Å². The lowest BCUT2D eigenvalue weighted by molar-refractivity contribution is -0.123. The third kappa shape index (κ3) is 2.59. The van der Waals surface area contributed by atoms with Gasteiger partial charge in [0.15, 0.2) is 6.10 Å². The van der Waals surface area contributed by atoms with Crippen molar-refractivity contribution in [1.29, 1.82) is 0 Å². The molecule has 2 aromatic rings. The number of fused-ring (bicyclic) bond motifs is 1. The number of ether oxygens (including phenoxy) is 1. The zero-order chi connectivity index (χ0) is 14.2. The van der Waals surface area contributed by atoms with Crippen LogP contribution in [0.15, 0.2) is 30.3 Å². The van der Waals surface area contributed by atoms with Crippen molar-refractivity contribution < 1.29 is 9.53 Å². The topological polar surface area (TPSA) is 54.5 Å². The minimum atomic E-state index is -0.225. The summed E-state index contributed by atoms with van der Waals surface area (Å²) in [7, 11) is 0. The van der Waals surface area contributed by atoms with Crippen molar-refractivity contribution in [1.82, 2.24) is 10.3 Å². The van der Waals surface area contributed by atoms with Gasteiger partial charge >= 0.3 is 0 Å². The highest BCUT2D eigenvalue weighted by molar-refractivity contribution is 7.15. The van der Waals surface area contributed by atoms with Crippen LogP contribution >= 0.6 is 11.3 Å². The Balaban J connectivity index is 1.61. The third-order valence-electron chi connectivity index (χ3n) is 3.91. The summed E-state index contributed by atoms with van der Waals surface area (Å²) in [5, 5.41) is 4.15. The van der Waals surface area contributed by atoms with Crippen LogP contribution in [0, 0.1) is 0 Å². The monoisotopic (exact) mass is 300 g/mol. The first kappa shape index (κ1) is 13.0. The summed E-state index contributed by atoms with van der Waals surface area (Å²) >= 11 is 1.70. The number of rotatable bonds is 3. The van der Waals surface area contributed by atoms with E-state index in [0.29, 0.717) is 6.61 Å². The normalized spacial score (nSPS) is 23.4. The summed E-state index contributed by atoms with van der Waals surface area (Å²) in [5.41, 5.74) is 2.29. The minimum absolute atomic E-state index is 0.0162. The van der Waals surface area contributed by atoms with Crippen molar-refractivity contribution in [3.8, 4) is 10.6 Å². The van der Waals surface area contributed by atoms with Crippen LogP contribution < -0.4 is 5.32 Å². The molecule has 1 fully saturated rings. The Morgan fingerprint density at radius 3 is 2.90 bits per heavy atom. The Kier molecular flexibility index (Phi) is 3.24. The molecule has 108 valence electrons. The maximum Gasteiger partial charge on any atom is 0.252 e. The maximum absolute atomic E-state index is 11.9. The molecule has 0 radical (unpaired) electrons. The fourth-order valence-electron chi connectivity index (χ4n) is 2.73. The molecule has 2 heterocycles. The van der Waals surface area contributed by atoms with Gasteiger partial charge < -0.3 is 10.1 Å². The summed E-state index contributed by atoms with van der Waals surface area (Å²) < 4.78 is 5.05. The van der Waals surface area contributed by atoms with Crippen LogP contribution in [0.5, 0.6) is 0 Å². The van der Waals surface area contributed by atoms with E-state index in [2.05, 4.69) is 17.4 Å². The largest absolute Gasteiger partial charge is 0.363 e. The Hall–Kier alpha value is -1.72. The molecule has 2 aliphatic rings. The number of carbonyl (C=O) groups is 1. The fraction of sp³-hybridized carbons (Fsp3) is 0.375. The lowest BCUT2D eigenvalue weighted by Crippen LogP contribution is -2.33. The van der Waals surface area contributed by atoms with Gasteiger partial charge in [0.1, 0.15) is 5.01 Å². The highest BCUT2D eigenvalue weighted by Crippen LogP contribution is 2.38. The molecule has 2 unspecified atom stereocenters. The molecule has 4 nitrogen and oxygen atoms in total. The molecule has 1 amide bonds. The number of hydrogen-bond acceptors (Lipinski definition) is 4. The molecule has 1 aliphatic heterocycles. The van der Waals surface area contributed by atoms with E-state index in [9.17, 15) is 4.79 Å². The summed E-state index contributed by atoms with van der Waals surface area (Å²) in [4.78, 5) is 17.9. The second kappa shape index (κ2) is 5.24. The zero-order valence-electron chi connectivity index (χ0n) is 11.5. The van der Waals surface area contributed by atoms with Gasteiger partial charge in [-0.2, -0.15) is 0 Å². The summed E-state index contributed by atoms with van der Waals surface area (Å²) in [6.07, 6.45) is 2.84. The highest BCUT2D eigenvalue weighted by Gasteiger charge is 2.34. The van der Waals surface area contributed by atoms with Gasteiger partial charge in [0.05, 0.1) is 23.2 Å². The van der Waals surface area contributed by atoms with Crippen LogP contribution in [0.3, 0.4) is 0 Å². The second-order valence-electron chi connectivity index (χ2n) is 5.47. The number of nitrogens with zero attached hydrogens (tertiary/aromatic N) is 1. The quantitative estimate of drug-likeness (QED) is 0.887. The molecule has 0 bridgehead atoms. The van der Waals surface area contributed by atoms with E-state index in [4.69, 9.17) is 9.72 Å². The molecule has 1 N–H and O–H groups in total. The van der Waals surface area contributed by atoms with E-state index in [1.807, 2.05) is 18.2 Å². The van der Waals surface area contributed by atoms with E-state index in [1.165, 1.54) is 4.88 Å². The van der Waals surface area contributed by atoms with Crippen molar-refractivity contribution >= 4 is 17.2 Å². The Morgan fingerprint density at radius 1 is 1.33 bits per heavy atom. The number of aromatic nitrogens is 1. The molecule has 1 aromatic heterocycles. The number of benzene rings is 1. The molecule has 0 spiro atoms. The molecule has 2 atom stereocenters. The second-order valence-corrected chi connectivity index (χ2v) is 6.50. The van der Waals surface area contributed by atoms with Gasteiger partial charge in [0.2, 0.25) is 0 Å². The van der Waals surface area contributed by atoms with Gasteiger partial charge in [-0.05, 0) is 19.3 Å². The number of hydrogen-bond donors (Lipinski definition) is 1. The average Bonchev–Trinajstić information content (AvgIpc) is 3.27. The van der Waals surface area contributed by atoms with Gasteiger partial charge in [0.25, 0.3) is 5.91 Å². The van der Waals surface area contributed by atoms with Gasteiger partial charge in [-0.25, -0.2) is 4.98 Å². The Bertz CT molecular complexity index is 664. The van der Waals surface area contributed by atoms with E-state index >= 15 is 0 Å². The van der Waals surface area contributed by atoms with Crippen LogP contribution in [0.1, 0.15) is 29.5 Å². The summed E-state index contributed by atoms with van der Waals surface area (Å²) in [6.45, 7) is 0.559. The van der Waals surface area contributed by atoms with E-state index < -0.39 is 0 Å². The molecule has 1 aliphatic carbocycles. The molecule has 1 saturated heterocycles. The van der Waals surface area contributed by atoms with Crippen molar-refractivity contribution in [2.24, 2.45) is 0 Å². The van der Waals surface area contributed by atoms with Gasteiger partial charge in [0, 0.05) is 5.56 Å². The highest BCUT2D eigenvalue weighted by atomic mass is 32.1. The number of carbonyl (C=O) groups excluding carboxylic acids is 1. The van der Waals surface area contributed by atoms with E-state index in [1.54, 1.807) is 11.3 Å². The molecule has 0 saturated carbocycles. The number of epoxide rings is 1. The first-order valence-corrected chi connectivity index (χ1v) is 8.10. The molecular formula is C16H16N2O2S. The lowest BCUT2D eigenvalue weighted by atomic mass is 9.98. The van der Waals surface area contributed by atoms with Crippen LogP contribution in [0.25, 0.3) is 10.6 Å². The number of thiazole rings is 1. The molecule has 21 heavy (non-hydrogen) atoms. The van der Waals surface area contributed by atoms with Crippen LogP contribution in [-0.4, -0.2) is 23.6 Å². The van der Waals surface area contributed by atoms with Crippen LogP contribution in [0.2, 0.25) is 0 Å². The molecule has 5 heteroatoms. The number of amides is 1. The zero-order valence-corrected chi connectivity index (χ0v) is 12.4. The number of nitrogens with one attached hydrogen (secondary N) is 1. The summed E-state index contributed by atoms with van der Waals surface area (Å²) in [6, 6.07) is 10.3. The SMILES string of the molecule is O=C(NC1CCCc2nc(-c3ccccc3)sc21)C1CO1. The van der Waals surface area contributed by atoms with Crippen molar-refractivity contribution in [2.45, 2.75) is 31.4 Å². The van der Waals surface area contributed by atoms with Gasteiger partial charge in [-0.3, -0.25) is 4.79 Å². The molecule has 4 rings (SSSR count). The first-order valence-electron chi connectivity index (χ1n) is 7.28. The van der Waals surface area contributed by atoms with Gasteiger partial charge in [-0.1, -0.05) is 30.3 Å².